The van der Waals surface area contributed by atoms with Crippen molar-refractivity contribution in [2.24, 2.45) is 0 Å². The molecule has 0 amide bonds. The number of oxazole rings is 1. The van der Waals surface area contributed by atoms with Crippen molar-refractivity contribution in [1.29, 1.82) is 0 Å². The van der Waals surface area contributed by atoms with Crippen LogP contribution in [0.2, 0.25) is 0 Å². The van der Waals surface area contributed by atoms with Crippen LogP contribution in [-0.4, -0.2) is 43.4 Å². The van der Waals surface area contributed by atoms with Gasteiger partial charge in [-0.25, -0.2) is 9.97 Å². The van der Waals surface area contributed by atoms with E-state index in [0.29, 0.717) is 12.5 Å². The summed E-state index contributed by atoms with van der Waals surface area (Å²) in [7, 11) is 3.91. The molecule has 1 fully saturated rings. The Balaban J connectivity index is 1.59. The second-order valence-electron chi connectivity index (χ2n) is 5.71. The molecule has 1 aliphatic rings. The van der Waals surface area contributed by atoms with Crippen molar-refractivity contribution >= 4 is 16.9 Å². The van der Waals surface area contributed by atoms with E-state index in [0.717, 1.165) is 34.8 Å². The minimum Gasteiger partial charge on any atom is -0.491 e. The second-order valence-corrected chi connectivity index (χ2v) is 5.71. The Labute approximate surface area is 133 Å². The van der Waals surface area contributed by atoms with Crippen molar-refractivity contribution in [1.82, 2.24) is 9.97 Å². The Morgan fingerprint density at radius 1 is 1.26 bits per heavy atom. The van der Waals surface area contributed by atoms with Crippen LogP contribution in [0, 0.1) is 0 Å². The number of rotatable bonds is 5. The average molecular weight is 311 g/mol. The average Bonchev–Trinajstić information content (AvgIpc) is 3.30. The molecule has 0 aliphatic carbocycles. The van der Waals surface area contributed by atoms with Crippen LogP contribution in [0.3, 0.4) is 0 Å². The van der Waals surface area contributed by atoms with Crippen LogP contribution >= 0.6 is 0 Å². The van der Waals surface area contributed by atoms with Crippen LogP contribution in [0.1, 0.15) is 0 Å². The maximum Gasteiger partial charge on any atom is 0.228 e. The van der Waals surface area contributed by atoms with Gasteiger partial charge in [0.15, 0.2) is 5.58 Å². The maximum atomic E-state index is 5.80. The molecule has 4 rings (SSSR count). The van der Waals surface area contributed by atoms with E-state index in [2.05, 4.69) is 9.97 Å². The second kappa shape index (κ2) is 5.55. The van der Waals surface area contributed by atoms with Gasteiger partial charge in [-0.05, 0) is 24.3 Å². The standard InChI is InChI=1S/C17H17N3O3/c1-20(2)16-6-3-11(8-18-16)17-19-14-7-12(4-5-15(14)23-17)21-9-13-10-22-13/h3-8,13H,9-10H2,1-2H3/t13-/m1/s1. The van der Waals surface area contributed by atoms with Gasteiger partial charge >= 0.3 is 0 Å². The molecule has 3 aromatic rings. The Hall–Kier alpha value is -2.60. The van der Waals surface area contributed by atoms with E-state index in [1.165, 1.54) is 0 Å². The lowest BCUT2D eigenvalue weighted by atomic mass is 10.3. The molecule has 0 radical (unpaired) electrons. The lowest BCUT2D eigenvalue weighted by Crippen LogP contribution is -2.09. The summed E-state index contributed by atoms with van der Waals surface area (Å²) in [6.07, 6.45) is 2.00. The van der Waals surface area contributed by atoms with E-state index < -0.39 is 0 Å². The highest BCUT2D eigenvalue weighted by molar-refractivity contribution is 5.77. The molecule has 0 bridgehead atoms. The highest BCUT2D eigenvalue weighted by Gasteiger charge is 2.23. The fourth-order valence-electron chi connectivity index (χ4n) is 2.25. The van der Waals surface area contributed by atoms with Crippen LogP contribution in [0.25, 0.3) is 22.6 Å². The summed E-state index contributed by atoms with van der Waals surface area (Å²) in [6.45, 7) is 1.36. The van der Waals surface area contributed by atoms with Gasteiger partial charge in [-0.3, -0.25) is 0 Å². The number of epoxide rings is 1. The lowest BCUT2D eigenvalue weighted by Gasteiger charge is -2.10. The number of nitrogens with zero attached hydrogens (tertiary/aromatic N) is 3. The Bertz CT molecular complexity index is 823. The summed E-state index contributed by atoms with van der Waals surface area (Å²) in [4.78, 5) is 10.9. The number of hydrogen-bond donors (Lipinski definition) is 0. The molecule has 1 atom stereocenters. The molecule has 1 saturated heterocycles. The number of ether oxygens (including phenoxy) is 2. The van der Waals surface area contributed by atoms with Gasteiger partial charge < -0.3 is 18.8 Å². The van der Waals surface area contributed by atoms with Crippen molar-refractivity contribution < 1.29 is 13.9 Å². The smallest absolute Gasteiger partial charge is 0.228 e. The van der Waals surface area contributed by atoms with E-state index in [1.54, 1.807) is 6.20 Å². The van der Waals surface area contributed by atoms with Crippen LogP contribution in [0.4, 0.5) is 5.82 Å². The van der Waals surface area contributed by atoms with Gasteiger partial charge in [0.1, 0.15) is 29.8 Å². The first-order valence-electron chi connectivity index (χ1n) is 7.48. The fourth-order valence-corrected chi connectivity index (χ4v) is 2.25. The molecule has 0 spiro atoms. The largest absolute Gasteiger partial charge is 0.491 e. The summed E-state index contributed by atoms with van der Waals surface area (Å²) < 4.78 is 16.6. The monoisotopic (exact) mass is 311 g/mol. The maximum absolute atomic E-state index is 5.80. The molecular weight excluding hydrogens is 294 g/mol. The van der Waals surface area contributed by atoms with Crippen LogP contribution in [0.5, 0.6) is 5.75 Å². The van der Waals surface area contributed by atoms with Gasteiger partial charge in [0.25, 0.3) is 0 Å². The summed E-state index contributed by atoms with van der Waals surface area (Å²) >= 11 is 0. The van der Waals surface area contributed by atoms with Crippen LogP contribution in [0.15, 0.2) is 40.9 Å². The highest BCUT2D eigenvalue weighted by atomic mass is 16.6. The van der Waals surface area contributed by atoms with E-state index in [9.17, 15) is 0 Å². The molecule has 6 heteroatoms. The third-order valence-electron chi connectivity index (χ3n) is 3.65. The molecule has 118 valence electrons. The van der Waals surface area contributed by atoms with E-state index in [-0.39, 0.29) is 6.10 Å². The SMILES string of the molecule is CN(C)c1ccc(-c2nc3cc(OC[C@@H]4CO4)ccc3o2)cn1. The van der Waals surface area contributed by atoms with Gasteiger partial charge in [0.05, 0.1) is 12.2 Å². The molecule has 2 aromatic heterocycles. The van der Waals surface area contributed by atoms with Crippen LogP contribution < -0.4 is 9.64 Å². The van der Waals surface area contributed by atoms with E-state index >= 15 is 0 Å². The van der Waals surface area contributed by atoms with Gasteiger partial charge in [-0.15, -0.1) is 0 Å². The first-order chi connectivity index (χ1) is 11.2. The normalized spacial score (nSPS) is 16.5. The quantitative estimate of drug-likeness (QED) is 0.675. The summed E-state index contributed by atoms with van der Waals surface area (Å²) in [6, 6.07) is 9.53. The number of aromatic nitrogens is 2. The Morgan fingerprint density at radius 2 is 2.13 bits per heavy atom. The van der Waals surface area contributed by atoms with Crippen molar-refractivity contribution in [2.75, 3.05) is 32.2 Å². The van der Waals surface area contributed by atoms with Crippen LogP contribution in [-0.2, 0) is 4.74 Å². The molecule has 23 heavy (non-hydrogen) atoms. The first-order valence-corrected chi connectivity index (χ1v) is 7.48. The molecule has 6 nitrogen and oxygen atoms in total. The molecule has 0 saturated carbocycles. The Morgan fingerprint density at radius 3 is 2.83 bits per heavy atom. The zero-order chi connectivity index (χ0) is 15.8. The third-order valence-corrected chi connectivity index (χ3v) is 3.65. The predicted molar refractivity (Wildman–Crippen MR) is 86.8 cm³/mol. The zero-order valence-electron chi connectivity index (χ0n) is 13.0. The van der Waals surface area contributed by atoms with E-state index in [1.807, 2.05) is 49.3 Å². The van der Waals surface area contributed by atoms with E-state index in [4.69, 9.17) is 13.9 Å². The molecule has 0 unspecified atom stereocenters. The fraction of sp³-hybridized carbons (Fsp3) is 0.294. The minimum atomic E-state index is 0.236. The molecule has 1 aliphatic heterocycles. The van der Waals surface area contributed by atoms with Gasteiger partial charge in [-0.2, -0.15) is 0 Å². The highest BCUT2D eigenvalue weighted by Crippen LogP contribution is 2.27. The Kier molecular flexibility index (Phi) is 3.38. The van der Waals surface area contributed by atoms with Crippen molar-refractivity contribution in [3.63, 3.8) is 0 Å². The lowest BCUT2D eigenvalue weighted by molar-refractivity contribution is 0.263. The summed E-state index contributed by atoms with van der Waals surface area (Å²) in [5.74, 6) is 2.22. The molecule has 1 aromatic carbocycles. The minimum absolute atomic E-state index is 0.236. The predicted octanol–water partition coefficient (Wildman–Crippen LogP) is 2.73. The molecule has 0 N–H and O–H groups in total. The zero-order valence-corrected chi connectivity index (χ0v) is 13.0. The number of fused-ring (bicyclic) bond motifs is 1. The number of hydrogen-bond acceptors (Lipinski definition) is 6. The van der Waals surface area contributed by atoms with Crippen molar-refractivity contribution in [2.45, 2.75) is 6.10 Å². The number of pyridine rings is 1. The topological polar surface area (TPSA) is 63.9 Å². The first kappa shape index (κ1) is 14.0. The van der Waals surface area contributed by atoms with Crippen molar-refractivity contribution in [3.8, 4) is 17.2 Å². The third kappa shape index (κ3) is 2.98. The van der Waals surface area contributed by atoms with Gasteiger partial charge in [0, 0.05) is 26.4 Å². The van der Waals surface area contributed by atoms with Gasteiger partial charge in [-0.1, -0.05) is 0 Å². The summed E-state index contributed by atoms with van der Waals surface area (Å²) in [5, 5.41) is 0. The van der Waals surface area contributed by atoms with Gasteiger partial charge in [0.2, 0.25) is 5.89 Å². The van der Waals surface area contributed by atoms with Crippen molar-refractivity contribution in [3.05, 3.63) is 36.5 Å². The molecular formula is C17H17N3O3. The number of benzene rings is 1. The molecule has 3 heterocycles. The number of anilines is 1. The summed E-state index contributed by atoms with van der Waals surface area (Å²) in [5.41, 5.74) is 2.35.